The maximum atomic E-state index is 15.2. The number of hydrogen-bond donors (Lipinski definition) is 0. The van der Waals surface area contributed by atoms with Crippen LogP contribution in [0, 0.1) is 50.4 Å². The number of nitriles is 2. The van der Waals surface area contributed by atoms with Crippen LogP contribution in [0.15, 0.2) is 140 Å². The summed E-state index contributed by atoms with van der Waals surface area (Å²) in [6.45, 7) is 7.31. The van der Waals surface area contributed by atoms with E-state index in [4.69, 9.17) is 0 Å². The zero-order valence-electron chi connectivity index (χ0n) is 36.9. The standard InChI is InChI=1S/C55H35F3N10/c1-30-61-31(2)64-53(63-30)36-15-21-50-45(25-36)41-9-5-7-11-48(41)67(50)38-17-19-39(40-18-13-35(29-60)24-47(40)55(56,57)58)43(27-38)44-23-34(28-59)14-20-51(44)68-49-12-8-6-10-42(49)46-26-37(16-22-52(46)68)54-65-32(3)62-33(4)66-54/h5-27H,1-4H3. The Labute approximate surface area is 386 Å². The van der Waals surface area contributed by atoms with Crippen LogP contribution in [0.3, 0.4) is 0 Å². The largest absolute Gasteiger partial charge is 0.417 e. The molecule has 0 bridgehead atoms. The first kappa shape index (κ1) is 41.6. The van der Waals surface area contributed by atoms with Crippen LogP contribution < -0.4 is 0 Å². The van der Waals surface area contributed by atoms with Crippen molar-refractivity contribution < 1.29 is 13.2 Å². The Bertz CT molecular complexity index is 3960. The van der Waals surface area contributed by atoms with E-state index in [-0.39, 0.29) is 16.7 Å². The lowest BCUT2D eigenvalue weighted by atomic mass is 9.89. The average Bonchev–Trinajstić information content (AvgIpc) is 3.84. The first-order chi connectivity index (χ1) is 32.9. The fraction of sp³-hybridized carbons (Fsp3) is 0.0909. The third-order valence-corrected chi connectivity index (χ3v) is 12.2. The number of nitrogens with zero attached hydrogens (tertiary/aromatic N) is 10. The zero-order valence-corrected chi connectivity index (χ0v) is 36.9. The normalized spacial score (nSPS) is 11.7. The van der Waals surface area contributed by atoms with Gasteiger partial charge in [0, 0.05) is 43.9 Å². The summed E-state index contributed by atoms with van der Waals surface area (Å²) in [7, 11) is 0. The Morgan fingerprint density at radius 3 is 1.47 bits per heavy atom. The molecule has 0 amide bonds. The van der Waals surface area contributed by atoms with Crippen molar-refractivity contribution in [3.63, 3.8) is 0 Å². The van der Waals surface area contributed by atoms with Gasteiger partial charge in [-0.05, 0) is 135 Å². The van der Waals surface area contributed by atoms with E-state index in [1.54, 1.807) is 18.2 Å². The van der Waals surface area contributed by atoms with Crippen molar-refractivity contribution >= 4 is 43.6 Å². The predicted octanol–water partition coefficient (Wildman–Crippen LogP) is 12.9. The summed E-state index contributed by atoms with van der Waals surface area (Å²) in [4.78, 5) is 27.2. The summed E-state index contributed by atoms with van der Waals surface area (Å²) in [5.41, 5.74) is 6.58. The molecule has 0 spiro atoms. The molecule has 0 saturated carbocycles. The summed E-state index contributed by atoms with van der Waals surface area (Å²) >= 11 is 0. The molecule has 0 fully saturated rings. The summed E-state index contributed by atoms with van der Waals surface area (Å²) in [6.07, 6.45) is -4.81. The molecule has 4 heterocycles. The lowest BCUT2D eigenvalue weighted by molar-refractivity contribution is -0.137. The molecule has 11 aromatic rings. The number of aromatic nitrogens is 8. The second-order valence-electron chi connectivity index (χ2n) is 16.6. The third kappa shape index (κ3) is 6.96. The molecule has 68 heavy (non-hydrogen) atoms. The van der Waals surface area contributed by atoms with Gasteiger partial charge in [0.05, 0.1) is 56.6 Å². The monoisotopic (exact) mass is 892 g/mol. The highest BCUT2D eigenvalue weighted by Crippen LogP contribution is 2.46. The third-order valence-electron chi connectivity index (χ3n) is 12.2. The van der Waals surface area contributed by atoms with Gasteiger partial charge in [0.25, 0.3) is 0 Å². The van der Waals surface area contributed by atoms with Crippen molar-refractivity contribution in [3.8, 4) is 68.5 Å². The van der Waals surface area contributed by atoms with Gasteiger partial charge in [-0.3, -0.25) is 0 Å². The molecule has 326 valence electrons. The molecule has 11 rings (SSSR count). The van der Waals surface area contributed by atoms with Gasteiger partial charge in [0.1, 0.15) is 23.3 Å². The summed E-state index contributed by atoms with van der Waals surface area (Å²) in [5.74, 6) is 3.49. The van der Waals surface area contributed by atoms with Crippen LogP contribution in [-0.4, -0.2) is 39.0 Å². The number of para-hydroxylation sites is 2. The van der Waals surface area contributed by atoms with Gasteiger partial charge < -0.3 is 9.13 Å². The van der Waals surface area contributed by atoms with Crippen molar-refractivity contribution in [1.82, 2.24) is 39.0 Å². The van der Waals surface area contributed by atoms with Crippen molar-refractivity contribution in [1.29, 1.82) is 10.5 Å². The summed E-state index contributed by atoms with van der Waals surface area (Å²) < 4.78 is 49.8. The number of halogens is 3. The molecule has 10 nitrogen and oxygen atoms in total. The van der Waals surface area contributed by atoms with Gasteiger partial charge >= 0.3 is 6.18 Å². The van der Waals surface area contributed by atoms with Gasteiger partial charge in [0.15, 0.2) is 11.6 Å². The average molecular weight is 893 g/mol. The molecule has 13 heteroatoms. The molecule has 0 saturated heterocycles. The Kier molecular flexibility index (Phi) is 9.69. The lowest BCUT2D eigenvalue weighted by Gasteiger charge is -2.21. The molecule has 4 aromatic heterocycles. The molecule has 0 N–H and O–H groups in total. The van der Waals surface area contributed by atoms with Crippen molar-refractivity contribution in [2.75, 3.05) is 0 Å². The Morgan fingerprint density at radius 1 is 0.426 bits per heavy atom. The molecule has 0 atom stereocenters. The number of hydrogen-bond acceptors (Lipinski definition) is 8. The number of benzene rings is 7. The molecule has 0 aliphatic rings. The Morgan fingerprint density at radius 2 is 0.912 bits per heavy atom. The fourth-order valence-corrected chi connectivity index (χ4v) is 9.48. The molecule has 0 unspecified atom stereocenters. The fourth-order valence-electron chi connectivity index (χ4n) is 9.48. The van der Waals surface area contributed by atoms with E-state index in [1.807, 2.05) is 131 Å². The highest BCUT2D eigenvalue weighted by atomic mass is 19.4. The topological polar surface area (TPSA) is 135 Å². The van der Waals surface area contributed by atoms with Crippen molar-refractivity contribution in [2.45, 2.75) is 33.9 Å². The van der Waals surface area contributed by atoms with Crippen molar-refractivity contribution in [3.05, 3.63) is 180 Å². The van der Waals surface area contributed by atoms with E-state index in [1.165, 1.54) is 12.1 Å². The van der Waals surface area contributed by atoms with Crippen LogP contribution >= 0.6 is 0 Å². The van der Waals surface area contributed by atoms with Gasteiger partial charge in [-0.15, -0.1) is 0 Å². The van der Waals surface area contributed by atoms with Gasteiger partial charge in [-0.25, -0.2) is 29.9 Å². The van der Waals surface area contributed by atoms with E-state index in [2.05, 4.69) is 51.2 Å². The van der Waals surface area contributed by atoms with E-state index in [0.29, 0.717) is 63.0 Å². The minimum absolute atomic E-state index is 0.115. The van der Waals surface area contributed by atoms with Crippen molar-refractivity contribution in [2.24, 2.45) is 0 Å². The van der Waals surface area contributed by atoms with E-state index in [9.17, 15) is 10.5 Å². The molecule has 0 radical (unpaired) electrons. The number of alkyl halides is 3. The highest BCUT2D eigenvalue weighted by molar-refractivity contribution is 6.12. The molecule has 0 aliphatic carbocycles. The van der Waals surface area contributed by atoms with Crippen LogP contribution in [0.2, 0.25) is 0 Å². The number of aryl methyl sites for hydroxylation is 4. The SMILES string of the molecule is Cc1nc(C)nc(-c2ccc3c(c2)c2ccccc2n3-c2ccc(-c3ccc(C#N)cc3C(F)(F)F)c(-c3cc(C#N)ccc3-n3c4ccccc4c4cc(-c5nc(C)nc(C)n5)ccc43)c2)n1. The second kappa shape index (κ2) is 15.8. The van der Waals surface area contributed by atoms with E-state index < -0.39 is 11.7 Å². The first-order valence-corrected chi connectivity index (χ1v) is 21.6. The summed E-state index contributed by atoms with van der Waals surface area (Å²) in [5, 5.41) is 23.9. The maximum Gasteiger partial charge on any atom is 0.417 e. The van der Waals surface area contributed by atoms with Gasteiger partial charge in [-0.2, -0.15) is 23.7 Å². The number of rotatable bonds is 6. The minimum atomic E-state index is -4.81. The Balaban J connectivity index is 1.21. The molecular formula is C55H35F3N10. The molecule has 0 aliphatic heterocycles. The first-order valence-electron chi connectivity index (χ1n) is 21.6. The highest BCUT2D eigenvalue weighted by Gasteiger charge is 2.35. The van der Waals surface area contributed by atoms with Crippen LogP contribution in [0.5, 0.6) is 0 Å². The second-order valence-corrected chi connectivity index (χ2v) is 16.6. The number of fused-ring (bicyclic) bond motifs is 6. The quantitative estimate of drug-likeness (QED) is 0.161. The van der Waals surface area contributed by atoms with Gasteiger partial charge in [0.2, 0.25) is 0 Å². The predicted molar refractivity (Wildman–Crippen MR) is 257 cm³/mol. The van der Waals surface area contributed by atoms with E-state index in [0.717, 1.165) is 60.8 Å². The molecule has 7 aromatic carbocycles. The maximum absolute atomic E-state index is 15.2. The lowest BCUT2D eigenvalue weighted by Crippen LogP contribution is -2.08. The van der Waals surface area contributed by atoms with Crippen LogP contribution in [-0.2, 0) is 6.18 Å². The minimum Gasteiger partial charge on any atom is -0.309 e. The Hall–Kier alpha value is -9.07. The van der Waals surface area contributed by atoms with Gasteiger partial charge in [-0.1, -0.05) is 48.5 Å². The van der Waals surface area contributed by atoms with Crippen LogP contribution in [0.1, 0.15) is 40.0 Å². The summed E-state index contributed by atoms with van der Waals surface area (Å²) in [6, 6.07) is 46.4. The molecular weight excluding hydrogens is 858 g/mol. The van der Waals surface area contributed by atoms with Crippen LogP contribution in [0.4, 0.5) is 13.2 Å². The zero-order chi connectivity index (χ0) is 47.0. The van der Waals surface area contributed by atoms with Crippen LogP contribution in [0.25, 0.3) is 100 Å². The van der Waals surface area contributed by atoms with E-state index >= 15 is 13.2 Å². The smallest absolute Gasteiger partial charge is 0.309 e.